The summed E-state index contributed by atoms with van der Waals surface area (Å²) < 4.78 is 71.8. The van der Waals surface area contributed by atoms with Crippen molar-refractivity contribution < 1.29 is 41.0 Å². The van der Waals surface area contributed by atoms with Crippen molar-refractivity contribution in [2.45, 2.75) is 24.8 Å². The van der Waals surface area contributed by atoms with Crippen molar-refractivity contribution in [3.63, 3.8) is 0 Å². The molecule has 1 atom stereocenters. The van der Waals surface area contributed by atoms with Crippen LogP contribution in [-0.4, -0.2) is 47.9 Å². The maximum atomic E-state index is 12.8. The minimum absolute atomic E-state index is 0.0917. The van der Waals surface area contributed by atoms with Crippen LogP contribution in [0.25, 0.3) is 22.3 Å². The SMILES string of the molecule is N#CCC(c1cccc(C(=O)Nc2ccc(C(F)(F)F)cc2)c1)n1cc(-c2ncnc3[nH]ccc23)cn1.O=C(O)C(F)(F)F. The van der Waals surface area contributed by atoms with Crippen LogP contribution in [0.5, 0.6) is 0 Å². The number of rotatable bonds is 6. The number of nitrogens with zero attached hydrogens (tertiary/aromatic N) is 5. The first-order chi connectivity index (χ1) is 20.8. The molecule has 3 heterocycles. The summed E-state index contributed by atoms with van der Waals surface area (Å²) in [6, 6.07) is 14.4. The Morgan fingerprint density at radius 2 is 1.75 bits per heavy atom. The molecule has 0 spiro atoms. The van der Waals surface area contributed by atoms with Crippen LogP contribution in [0.2, 0.25) is 0 Å². The van der Waals surface area contributed by atoms with Crippen LogP contribution >= 0.6 is 0 Å². The lowest BCUT2D eigenvalue weighted by molar-refractivity contribution is -0.192. The van der Waals surface area contributed by atoms with Crippen molar-refractivity contribution in [1.29, 1.82) is 5.26 Å². The molecular formula is C28H19F6N7O3. The second-order valence-electron chi connectivity index (χ2n) is 9.01. The average molecular weight is 615 g/mol. The van der Waals surface area contributed by atoms with E-state index in [1.807, 2.05) is 6.07 Å². The molecule has 5 aromatic rings. The molecule has 1 unspecified atom stereocenters. The number of amides is 1. The van der Waals surface area contributed by atoms with Gasteiger partial charge in [-0.15, -0.1) is 0 Å². The van der Waals surface area contributed by atoms with E-state index in [9.17, 15) is 36.4 Å². The molecule has 2 aromatic carbocycles. The molecule has 226 valence electrons. The minimum Gasteiger partial charge on any atom is -0.475 e. The zero-order valence-corrected chi connectivity index (χ0v) is 22.1. The first-order valence-corrected chi connectivity index (χ1v) is 12.4. The summed E-state index contributed by atoms with van der Waals surface area (Å²) in [5.74, 6) is -3.25. The predicted molar refractivity (Wildman–Crippen MR) is 143 cm³/mol. The maximum Gasteiger partial charge on any atom is 0.490 e. The highest BCUT2D eigenvalue weighted by atomic mass is 19.4. The molecule has 0 saturated heterocycles. The van der Waals surface area contributed by atoms with Gasteiger partial charge in [0, 0.05) is 34.6 Å². The number of aromatic nitrogens is 5. The zero-order valence-electron chi connectivity index (χ0n) is 22.1. The molecule has 0 aliphatic carbocycles. The number of carbonyl (C=O) groups excluding carboxylic acids is 1. The molecule has 3 aromatic heterocycles. The number of halogens is 6. The number of aliphatic carboxylic acids is 1. The maximum absolute atomic E-state index is 12.8. The normalized spacial score (nSPS) is 12.1. The second kappa shape index (κ2) is 12.7. The Hall–Kier alpha value is -5.72. The highest BCUT2D eigenvalue weighted by Crippen LogP contribution is 2.31. The third-order valence-corrected chi connectivity index (χ3v) is 6.08. The first-order valence-electron chi connectivity index (χ1n) is 12.4. The topological polar surface area (TPSA) is 150 Å². The lowest BCUT2D eigenvalue weighted by Crippen LogP contribution is -2.21. The number of nitriles is 1. The van der Waals surface area contributed by atoms with E-state index >= 15 is 0 Å². The van der Waals surface area contributed by atoms with Gasteiger partial charge in [0.15, 0.2) is 0 Å². The van der Waals surface area contributed by atoms with Gasteiger partial charge in [-0.3, -0.25) is 9.48 Å². The van der Waals surface area contributed by atoms with Gasteiger partial charge in [-0.2, -0.15) is 36.7 Å². The fourth-order valence-corrected chi connectivity index (χ4v) is 4.02. The number of aromatic amines is 1. The molecule has 0 radical (unpaired) electrons. The molecule has 0 bridgehead atoms. The van der Waals surface area contributed by atoms with Gasteiger partial charge in [0.05, 0.1) is 36.0 Å². The van der Waals surface area contributed by atoms with Crippen LogP contribution in [0.15, 0.2) is 79.5 Å². The Labute approximate surface area is 243 Å². The van der Waals surface area contributed by atoms with Crippen LogP contribution in [-0.2, 0) is 11.0 Å². The van der Waals surface area contributed by atoms with E-state index in [0.717, 1.165) is 23.1 Å². The highest BCUT2D eigenvalue weighted by Gasteiger charge is 2.38. The summed E-state index contributed by atoms with van der Waals surface area (Å²) >= 11 is 0. The number of H-pyrrole nitrogens is 1. The molecule has 0 fully saturated rings. The van der Waals surface area contributed by atoms with Gasteiger partial charge in [-0.25, -0.2) is 14.8 Å². The molecule has 16 heteroatoms. The Bertz CT molecular complexity index is 1820. The third-order valence-electron chi connectivity index (χ3n) is 6.08. The summed E-state index contributed by atoms with van der Waals surface area (Å²) in [5.41, 5.74) is 2.52. The summed E-state index contributed by atoms with van der Waals surface area (Å²) in [6.45, 7) is 0. The number of hydrogen-bond acceptors (Lipinski definition) is 6. The number of anilines is 1. The van der Waals surface area contributed by atoms with E-state index in [2.05, 4.69) is 31.4 Å². The van der Waals surface area contributed by atoms with E-state index < -0.39 is 35.8 Å². The molecule has 1 amide bonds. The van der Waals surface area contributed by atoms with Crippen LogP contribution < -0.4 is 5.32 Å². The number of alkyl halides is 6. The second-order valence-corrected chi connectivity index (χ2v) is 9.01. The number of benzene rings is 2. The average Bonchev–Trinajstić information content (AvgIpc) is 3.66. The standard InChI is InChI=1S/C26H18F3N7O.C2HF3O2/c27-26(28,29)19-4-6-20(7-5-19)35-25(37)17-3-1-2-16(12-17)22(8-10-30)36-14-18(13-34-36)23-21-9-11-31-24(21)33-15-32-23;3-2(4,5)1(6)7/h1-7,9,11-15,22H,8H2,(H,35,37)(H,31,32,33);(H,6,7). The van der Waals surface area contributed by atoms with Crippen LogP contribution in [0.1, 0.15) is 33.9 Å². The van der Waals surface area contributed by atoms with Crippen molar-refractivity contribution in [2.24, 2.45) is 0 Å². The molecule has 0 aliphatic rings. The van der Waals surface area contributed by atoms with Crippen molar-refractivity contribution in [1.82, 2.24) is 24.7 Å². The van der Waals surface area contributed by atoms with Crippen molar-refractivity contribution in [3.05, 3.63) is 96.2 Å². The van der Waals surface area contributed by atoms with Gasteiger partial charge in [-0.05, 0) is 48.0 Å². The monoisotopic (exact) mass is 615 g/mol. The van der Waals surface area contributed by atoms with Crippen molar-refractivity contribution in [3.8, 4) is 17.3 Å². The van der Waals surface area contributed by atoms with Gasteiger partial charge in [-0.1, -0.05) is 12.1 Å². The van der Waals surface area contributed by atoms with E-state index in [-0.39, 0.29) is 17.7 Å². The molecule has 10 nitrogen and oxygen atoms in total. The van der Waals surface area contributed by atoms with E-state index in [1.54, 1.807) is 47.5 Å². The third kappa shape index (κ3) is 7.37. The molecular weight excluding hydrogens is 596 g/mol. The lowest BCUT2D eigenvalue weighted by Gasteiger charge is -2.16. The smallest absolute Gasteiger partial charge is 0.475 e. The minimum atomic E-state index is -5.08. The number of carbonyl (C=O) groups is 2. The van der Waals surface area contributed by atoms with Gasteiger partial charge in [0.2, 0.25) is 0 Å². The Balaban J connectivity index is 0.000000566. The summed E-state index contributed by atoms with van der Waals surface area (Å²) in [6.07, 6.45) is -2.79. The Morgan fingerprint density at radius 1 is 1.05 bits per heavy atom. The first kappa shape index (κ1) is 31.2. The molecule has 44 heavy (non-hydrogen) atoms. The number of hydrogen-bond donors (Lipinski definition) is 3. The van der Waals surface area contributed by atoms with Crippen LogP contribution in [0.3, 0.4) is 0 Å². The Kier molecular flexibility index (Phi) is 8.98. The zero-order chi connectivity index (χ0) is 32.1. The van der Waals surface area contributed by atoms with Crippen molar-refractivity contribution >= 4 is 28.6 Å². The summed E-state index contributed by atoms with van der Waals surface area (Å²) in [5, 5.41) is 24.5. The lowest BCUT2D eigenvalue weighted by atomic mass is 10.0. The largest absolute Gasteiger partial charge is 0.490 e. The van der Waals surface area contributed by atoms with Crippen LogP contribution in [0, 0.1) is 11.3 Å². The summed E-state index contributed by atoms with van der Waals surface area (Å²) in [4.78, 5) is 33.3. The Morgan fingerprint density at radius 3 is 2.39 bits per heavy atom. The molecule has 0 aliphatic heterocycles. The van der Waals surface area contributed by atoms with Gasteiger partial charge in [0.25, 0.3) is 5.91 Å². The quantitative estimate of drug-likeness (QED) is 0.192. The van der Waals surface area contributed by atoms with E-state index in [0.29, 0.717) is 16.9 Å². The molecule has 3 N–H and O–H groups in total. The summed E-state index contributed by atoms with van der Waals surface area (Å²) in [7, 11) is 0. The fourth-order valence-electron chi connectivity index (χ4n) is 4.02. The fraction of sp³-hybridized carbons (Fsp3) is 0.143. The number of nitrogens with one attached hydrogen (secondary N) is 2. The van der Waals surface area contributed by atoms with Gasteiger partial charge < -0.3 is 15.4 Å². The number of carboxylic acids is 1. The van der Waals surface area contributed by atoms with E-state index in [4.69, 9.17) is 9.90 Å². The van der Waals surface area contributed by atoms with Crippen LogP contribution in [0.4, 0.5) is 32.0 Å². The van der Waals surface area contributed by atoms with Crippen molar-refractivity contribution in [2.75, 3.05) is 5.32 Å². The van der Waals surface area contributed by atoms with Gasteiger partial charge >= 0.3 is 18.3 Å². The highest BCUT2D eigenvalue weighted by molar-refractivity contribution is 6.04. The number of fused-ring (bicyclic) bond motifs is 1. The predicted octanol–water partition coefficient (Wildman–Crippen LogP) is 6.23. The molecule has 5 rings (SSSR count). The van der Waals surface area contributed by atoms with E-state index in [1.165, 1.54) is 18.5 Å². The molecule has 0 saturated carbocycles. The van der Waals surface area contributed by atoms with Gasteiger partial charge in [0.1, 0.15) is 12.0 Å². The number of carboxylic acid groups (broad SMARTS) is 1.